The van der Waals surface area contributed by atoms with Crippen LogP contribution in [0.5, 0.6) is 5.75 Å². The van der Waals surface area contributed by atoms with Gasteiger partial charge in [0.25, 0.3) is 0 Å². The summed E-state index contributed by atoms with van der Waals surface area (Å²) in [6, 6.07) is 1.88. The van der Waals surface area contributed by atoms with Crippen LogP contribution in [0, 0.1) is 13.8 Å². The monoisotopic (exact) mass is 251 g/mol. The molecule has 17 heavy (non-hydrogen) atoms. The highest BCUT2D eigenvalue weighted by Crippen LogP contribution is 2.40. The van der Waals surface area contributed by atoms with E-state index in [1.165, 1.54) is 0 Å². The number of aryl methyl sites for hydroxylation is 1. The molecule has 1 aromatic heterocycles. The lowest BCUT2D eigenvalue weighted by Gasteiger charge is -2.15. The maximum atomic E-state index is 6.19. The van der Waals surface area contributed by atoms with Crippen molar-refractivity contribution in [2.75, 3.05) is 12.8 Å². The SMILES string of the molecule is COc1c(C)cc(Cl)c(C)c1-c1cn[nH]c1N. The second-order valence-corrected chi connectivity index (χ2v) is 4.31. The van der Waals surface area contributed by atoms with Crippen molar-refractivity contribution >= 4 is 17.4 Å². The average Bonchev–Trinajstić information content (AvgIpc) is 2.69. The van der Waals surface area contributed by atoms with E-state index in [1.54, 1.807) is 13.3 Å². The van der Waals surface area contributed by atoms with E-state index in [-0.39, 0.29) is 0 Å². The molecule has 3 N–H and O–H groups in total. The van der Waals surface area contributed by atoms with E-state index < -0.39 is 0 Å². The first kappa shape index (κ1) is 11.8. The van der Waals surface area contributed by atoms with Crippen LogP contribution in [0.3, 0.4) is 0 Å². The molecule has 0 bridgehead atoms. The summed E-state index contributed by atoms with van der Waals surface area (Å²) >= 11 is 6.19. The quantitative estimate of drug-likeness (QED) is 0.863. The van der Waals surface area contributed by atoms with Gasteiger partial charge >= 0.3 is 0 Å². The maximum absolute atomic E-state index is 6.19. The zero-order valence-electron chi connectivity index (χ0n) is 9.97. The molecule has 0 aliphatic carbocycles. The number of nitrogens with zero attached hydrogens (tertiary/aromatic N) is 1. The summed E-state index contributed by atoms with van der Waals surface area (Å²) in [7, 11) is 1.63. The number of hydrogen-bond donors (Lipinski definition) is 2. The number of nitrogens with one attached hydrogen (secondary N) is 1. The molecule has 5 heteroatoms. The molecule has 0 fully saturated rings. The minimum atomic E-state index is 0.507. The predicted molar refractivity (Wildman–Crippen MR) is 69.5 cm³/mol. The van der Waals surface area contributed by atoms with E-state index in [0.717, 1.165) is 28.0 Å². The van der Waals surface area contributed by atoms with Gasteiger partial charge in [0, 0.05) is 16.1 Å². The normalized spacial score (nSPS) is 10.6. The Morgan fingerprint density at radius 1 is 1.41 bits per heavy atom. The molecule has 4 nitrogen and oxygen atoms in total. The van der Waals surface area contributed by atoms with E-state index in [9.17, 15) is 0 Å². The Balaban J connectivity index is 2.80. The maximum Gasteiger partial charge on any atom is 0.130 e. The number of ether oxygens (including phenoxy) is 1. The van der Waals surface area contributed by atoms with Crippen LogP contribution in [0.1, 0.15) is 11.1 Å². The number of rotatable bonds is 2. The van der Waals surface area contributed by atoms with Gasteiger partial charge in [-0.2, -0.15) is 5.10 Å². The third kappa shape index (κ3) is 1.85. The molecule has 0 amide bonds. The summed E-state index contributed by atoms with van der Waals surface area (Å²) in [6.45, 7) is 3.88. The first-order chi connectivity index (χ1) is 8.06. The van der Waals surface area contributed by atoms with Gasteiger partial charge in [0.05, 0.1) is 13.3 Å². The lowest BCUT2D eigenvalue weighted by molar-refractivity contribution is 0.413. The second kappa shape index (κ2) is 4.30. The molecule has 0 atom stereocenters. The minimum Gasteiger partial charge on any atom is -0.496 e. The number of anilines is 1. The van der Waals surface area contributed by atoms with Gasteiger partial charge in [0.2, 0.25) is 0 Å². The van der Waals surface area contributed by atoms with Crippen LogP contribution in [-0.4, -0.2) is 17.3 Å². The van der Waals surface area contributed by atoms with E-state index in [0.29, 0.717) is 10.8 Å². The Labute approximate surface area is 105 Å². The molecule has 0 aliphatic heterocycles. The first-order valence-electron chi connectivity index (χ1n) is 5.19. The fourth-order valence-electron chi connectivity index (χ4n) is 1.93. The molecule has 0 unspecified atom stereocenters. The van der Waals surface area contributed by atoms with Gasteiger partial charge < -0.3 is 10.5 Å². The van der Waals surface area contributed by atoms with Gasteiger partial charge in [0.15, 0.2) is 0 Å². The van der Waals surface area contributed by atoms with Crippen molar-refractivity contribution in [2.24, 2.45) is 0 Å². The van der Waals surface area contributed by atoms with E-state index >= 15 is 0 Å². The summed E-state index contributed by atoms with van der Waals surface area (Å²) < 4.78 is 5.43. The highest BCUT2D eigenvalue weighted by molar-refractivity contribution is 6.32. The highest BCUT2D eigenvalue weighted by atomic mass is 35.5. The molecule has 0 spiro atoms. The second-order valence-electron chi connectivity index (χ2n) is 3.91. The van der Waals surface area contributed by atoms with Crippen molar-refractivity contribution < 1.29 is 4.74 Å². The smallest absolute Gasteiger partial charge is 0.130 e. The third-order valence-corrected chi connectivity index (χ3v) is 3.20. The lowest BCUT2D eigenvalue weighted by Crippen LogP contribution is -1.97. The predicted octanol–water partition coefficient (Wildman–Crippen LogP) is 2.94. The Morgan fingerprint density at radius 3 is 2.65 bits per heavy atom. The number of H-pyrrole nitrogens is 1. The molecule has 0 aliphatic rings. The van der Waals surface area contributed by atoms with Crippen molar-refractivity contribution in [2.45, 2.75) is 13.8 Å². The standard InChI is InChI=1S/C12H14ClN3O/c1-6-4-9(13)7(2)10(11(6)17-3)8-5-15-16-12(8)14/h4-5H,1-3H3,(H3,14,15,16). The number of halogens is 1. The van der Waals surface area contributed by atoms with Crippen LogP contribution in [0.25, 0.3) is 11.1 Å². The summed E-state index contributed by atoms with van der Waals surface area (Å²) in [5, 5.41) is 7.33. The van der Waals surface area contributed by atoms with Crippen LogP contribution in [0.4, 0.5) is 5.82 Å². The topological polar surface area (TPSA) is 63.9 Å². The van der Waals surface area contributed by atoms with Crippen LogP contribution < -0.4 is 10.5 Å². The number of aromatic amines is 1. The van der Waals surface area contributed by atoms with Crippen LogP contribution >= 0.6 is 11.6 Å². The molecule has 1 aromatic carbocycles. The number of benzene rings is 1. The molecule has 2 rings (SSSR count). The summed E-state index contributed by atoms with van der Waals surface area (Å²) in [4.78, 5) is 0. The van der Waals surface area contributed by atoms with E-state index in [1.807, 2.05) is 19.9 Å². The van der Waals surface area contributed by atoms with Gasteiger partial charge in [-0.1, -0.05) is 11.6 Å². The molecular formula is C12H14ClN3O. The first-order valence-corrected chi connectivity index (χ1v) is 5.57. The highest BCUT2D eigenvalue weighted by Gasteiger charge is 2.17. The summed E-state index contributed by atoms with van der Waals surface area (Å²) in [5.74, 6) is 1.29. The number of methoxy groups -OCH3 is 1. The minimum absolute atomic E-state index is 0.507. The molecule has 0 saturated heterocycles. The van der Waals surface area contributed by atoms with Crippen LogP contribution in [-0.2, 0) is 0 Å². The Bertz CT molecular complexity index is 563. The molecule has 90 valence electrons. The Morgan fingerprint density at radius 2 is 2.12 bits per heavy atom. The molecular weight excluding hydrogens is 238 g/mol. The number of hydrogen-bond acceptors (Lipinski definition) is 3. The summed E-state index contributed by atoms with van der Waals surface area (Å²) in [6.07, 6.45) is 1.68. The van der Waals surface area contributed by atoms with Gasteiger partial charge in [-0.3, -0.25) is 5.10 Å². The zero-order valence-corrected chi connectivity index (χ0v) is 10.7. The van der Waals surface area contributed by atoms with Crippen LogP contribution in [0.15, 0.2) is 12.3 Å². The Hall–Kier alpha value is -1.68. The van der Waals surface area contributed by atoms with Gasteiger partial charge in [-0.05, 0) is 31.0 Å². The van der Waals surface area contributed by atoms with Gasteiger partial charge in [0.1, 0.15) is 11.6 Å². The van der Waals surface area contributed by atoms with Crippen molar-refractivity contribution in [3.8, 4) is 16.9 Å². The summed E-state index contributed by atoms with van der Waals surface area (Å²) in [5.41, 5.74) is 9.45. The fraction of sp³-hybridized carbons (Fsp3) is 0.250. The van der Waals surface area contributed by atoms with Gasteiger partial charge in [-0.15, -0.1) is 0 Å². The fourth-order valence-corrected chi connectivity index (χ4v) is 2.19. The molecule has 1 heterocycles. The van der Waals surface area contributed by atoms with E-state index in [2.05, 4.69) is 10.2 Å². The van der Waals surface area contributed by atoms with Crippen molar-refractivity contribution in [3.05, 3.63) is 28.4 Å². The molecule has 0 radical (unpaired) electrons. The van der Waals surface area contributed by atoms with Crippen molar-refractivity contribution in [1.82, 2.24) is 10.2 Å². The lowest BCUT2D eigenvalue weighted by atomic mass is 9.98. The van der Waals surface area contributed by atoms with Crippen molar-refractivity contribution in [3.63, 3.8) is 0 Å². The number of nitrogens with two attached hydrogens (primary N) is 1. The number of nitrogen functional groups attached to an aromatic ring is 1. The molecule has 0 saturated carbocycles. The van der Waals surface area contributed by atoms with E-state index in [4.69, 9.17) is 22.1 Å². The van der Waals surface area contributed by atoms with Crippen molar-refractivity contribution in [1.29, 1.82) is 0 Å². The number of aromatic nitrogens is 2. The molecule has 2 aromatic rings. The third-order valence-electron chi connectivity index (χ3n) is 2.80. The van der Waals surface area contributed by atoms with Gasteiger partial charge in [-0.25, -0.2) is 0 Å². The zero-order chi connectivity index (χ0) is 12.6. The van der Waals surface area contributed by atoms with Crippen LogP contribution in [0.2, 0.25) is 5.02 Å². The Kier molecular flexibility index (Phi) is 2.98. The largest absolute Gasteiger partial charge is 0.496 e. The average molecular weight is 252 g/mol.